The molecule has 0 radical (unpaired) electrons. The second-order valence-corrected chi connectivity index (χ2v) is 5.23. The lowest BCUT2D eigenvalue weighted by Crippen LogP contribution is -2.28. The van der Waals surface area contributed by atoms with Gasteiger partial charge in [0, 0.05) is 19.3 Å². The lowest BCUT2D eigenvalue weighted by atomic mass is 10.3. The van der Waals surface area contributed by atoms with Crippen molar-refractivity contribution in [2.24, 2.45) is 0 Å². The van der Waals surface area contributed by atoms with Gasteiger partial charge in [0.1, 0.15) is 10.7 Å². The fourth-order valence-electron chi connectivity index (χ4n) is 1.63. The van der Waals surface area contributed by atoms with Crippen molar-refractivity contribution < 1.29 is 18.0 Å². The van der Waals surface area contributed by atoms with E-state index in [0.717, 1.165) is 12.3 Å². The quantitative estimate of drug-likeness (QED) is 0.827. The summed E-state index contributed by atoms with van der Waals surface area (Å²) < 4.78 is 37.1. The standard InChI is InChI=1S/C13H13F3N4OS/c1-8-11(22-7-20-8)12(21)18-5-4-17-10-3-2-9(6-19-10)13(14,15)16/h2-3,6-7H,4-5H2,1H3,(H,17,19)(H,18,21). The average molecular weight is 330 g/mol. The van der Waals surface area contributed by atoms with Gasteiger partial charge in [-0.15, -0.1) is 11.3 Å². The number of carbonyl (C=O) groups excluding carboxylic acids is 1. The lowest BCUT2D eigenvalue weighted by molar-refractivity contribution is -0.137. The van der Waals surface area contributed by atoms with Crippen LogP contribution in [0.4, 0.5) is 19.0 Å². The Labute approximate surface area is 128 Å². The lowest BCUT2D eigenvalue weighted by Gasteiger charge is -2.09. The van der Waals surface area contributed by atoms with E-state index in [9.17, 15) is 18.0 Å². The van der Waals surface area contributed by atoms with Gasteiger partial charge in [-0.25, -0.2) is 9.97 Å². The highest BCUT2D eigenvalue weighted by atomic mass is 32.1. The number of carbonyl (C=O) groups is 1. The smallest absolute Gasteiger partial charge is 0.368 e. The molecule has 0 aliphatic heterocycles. The number of rotatable bonds is 5. The molecule has 2 rings (SSSR count). The van der Waals surface area contributed by atoms with Crippen LogP contribution in [0.25, 0.3) is 0 Å². The molecular formula is C13H13F3N4OS. The largest absolute Gasteiger partial charge is 0.417 e. The monoisotopic (exact) mass is 330 g/mol. The molecule has 2 N–H and O–H groups in total. The van der Waals surface area contributed by atoms with Gasteiger partial charge in [-0.3, -0.25) is 4.79 Å². The van der Waals surface area contributed by atoms with Gasteiger partial charge in [0.05, 0.1) is 16.8 Å². The van der Waals surface area contributed by atoms with Crippen LogP contribution in [0.3, 0.4) is 0 Å². The van der Waals surface area contributed by atoms with Crippen LogP contribution in [-0.4, -0.2) is 29.0 Å². The summed E-state index contributed by atoms with van der Waals surface area (Å²) in [6.07, 6.45) is -3.63. The Bertz CT molecular complexity index is 639. The van der Waals surface area contributed by atoms with Gasteiger partial charge in [0.2, 0.25) is 0 Å². The Hall–Kier alpha value is -2.16. The first-order valence-electron chi connectivity index (χ1n) is 6.33. The summed E-state index contributed by atoms with van der Waals surface area (Å²) >= 11 is 1.25. The number of nitrogens with zero attached hydrogens (tertiary/aromatic N) is 2. The summed E-state index contributed by atoms with van der Waals surface area (Å²) in [6, 6.07) is 2.20. The van der Waals surface area contributed by atoms with Crippen molar-refractivity contribution in [3.05, 3.63) is 40.0 Å². The molecule has 118 valence electrons. The molecular weight excluding hydrogens is 317 g/mol. The minimum absolute atomic E-state index is 0.220. The van der Waals surface area contributed by atoms with Crippen LogP contribution in [0.2, 0.25) is 0 Å². The number of hydrogen-bond donors (Lipinski definition) is 2. The third kappa shape index (κ3) is 4.17. The van der Waals surface area contributed by atoms with Crippen LogP contribution in [-0.2, 0) is 6.18 Å². The second kappa shape index (κ2) is 6.73. The summed E-state index contributed by atoms with van der Waals surface area (Å²) in [6.45, 7) is 2.41. The first-order chi connectivity index (χ1) is 10.4. The van der Waals surface area contributed by atoms with Crippen LogP contribution < -0.4 is 10.6 Å². The van der Waals surface area contributed by atoms with Crippen molar-refractivity contribution in [2.75, 3.05) is 18.4 Å². The van der Waals surface area contributed by atoms with E-state index in [-0.39, 0.29) is 5.91 Å². The topological polar surface area (TPSA) is 66.9 Å². The highest BCUT2D eigenvalue weighted by Crippen LogP contribution is 2.28. The number of halogens is 3. The molecule has 1 amide bonds. The van der Waals surface area contributed by atoms with Crippen molar-refractivity contribution in [1.29, 1.82) is 0 Å². The molecule has 2 aromatic rings. The molecule has 2 aromatic heterocycles. The minimum atomic E-state index is -4.40. The fourth-order valence-corrected chi connectivity index (χ4v) is 2.35. The number of anilines is 1. The Morgan fingerprint density at radius 1 is 1.27 bits per heavy atom. The maximum Gasteiger partial charge on any atom is 0.417 e. The van der Waals surface area contributed by atoms with Crippen LogP contribution in [0.5, 0.6) is 0 Å². The highest BCUT2D eigenvalue weighted by Gasteiger charge is 2.30. The number of aryl methyl sites for hydroxylation is 1. The zero-order chi connectivity index (χ0) is 16.2. The number of thiazole rings is 1. The van der Waals surface area contributed by atoms with Gasteiger partial charge in [0.15, 0.2) is 0 Å². The molecule has 0 bridgehead atoms. The number of nitrogens with one attached hydrogen (secondary N) is 2. The first-order valence-corrected chi connectivity index (χ1v) is 7.21. The van der Waals surface area contributed by atoms with Crippen molar-refractivity contribution >= 4 is 23.1 Å². The fraction of sp³-hybridized carbons (Fsp3) is 0.308. The molecule has 2 heterocycles. The maximum absolute atomic E-state index is 12.4. The van der Waals surface area contributed by atoms with Gasteiger partial charge in [0.25, 0.3) is 5.91 Å². The van der Waals surface area contributed by atoms with E-state index in [1.165, 1.54) is 17.4 Å². The number of pyridine rings is 1. The van der Waals surface area contributed by atoms with E-state index in [2.05, 4.69) is 20.6 Å². The summed E-state index contributed by atoms with van der Waals surface area (Å²) in [5.41, 5.74) is 1.46. The SMILES string of the molecule is Cc1ncsc1C(=O)NCCNc1ccc(C(F)(F)F)cn1. The van der Waals surface area contributed by atoms with Crippen LogP contribution in [0.15, 0.2) is 23.8 Å². The molecule has 9 heteroatoms. The molecule has 0 aliphatic rings. The van der Waals surface area contributed by atoms with E-state index in [0.29, 0.717) is 29.5 Å². The molecule has 0 saturated carbocycles. The highest BCUT2D eigenvalue weighted by molar-refractivity contribution is 7.11. The molecule has 0 spiro atoms. The number of aromatic nitrogens is 2. The maximum atomic E-state index is 12.4. The van der Waals surface area contributed by atoms with Gasteiger partial charge in [-0.2, -0.15) is 13.2 Å². The Morgan fingerprint density at radius 3 is 2.59 bits per heavy atom. The van der Waals surface area contributed by atoms with Crippen molar-refractivity contribution in [2.45, 2.75) is 13.1 Å². The molecule has 0 atom stereocenters. The number of hydrogen-bond acceptors (Lipinski definition) is 5. The molecule has 0 aromatic carbocycles. The predicted octanol–water partition coefficient (Wildman–Crippen LogP) is 2.71. The zero-order valence-electron chi connectivity index (χ0n) is 11.6. The van der Waals surface area contributed by atoms with Crippen LogP contribution in [0.1, 0.15) is 20.9 Å². The summed E-state index contributed by atoms with van der Waals surface area (Å²) in [4.78, 5) is 20.0. The Morgan fingerprint density at radius 2 is 2.05 bits per heavy atom. The average Bonchev–Trinajstić information content (AvgIpc) is 2.89. The number of amides is 1. The van der Waals surface area contributed by atoms with Crippen molar-refractivity contribution in [1.82, 2.24) is 15.3 Å². The van der Waals surface area contributed by atoms with Gasteiger partial charge in [-0.05, 0) is 19.1 Å². The minimum Gasteiger partial charge on any atom is -0.368 e. The first kappa shape index (κ1) is 16.2. The Kier molecular flexibility index (Phi) is 4.96. The third-order valence-electron chi connectivity index (χ3n) is 2.76. The van der Waals surface area contributed by atoms with E-state index in [4.69, 9.17) is 0 Å². The zero-order valence-corrected chi connectivity index (χ0v) is 12.4. The summed E-state index contributed by atoms with van der Waals surface area (Å²) in [5, 5.41) is 5.53. The molecule has 0 unspecified atom stereocenters. The van der Waals surface area contributed by atoms with Crippen LogP contribution >= 0.6 is 11.3 Å². The number of alkyl halides is 3. The molecule has 5 nitrogen and oxygen atoms in total. The van der Waals surface area contributed by atoms with Crippen LogP contribution in [0, 0.1) is 6.92 Å². The van der Waals surface area contributed by atoms with Gasteiger partial charge in [-0.1, -0.05) is 0 Å². The van der Waals surface area contributed by atoms with Crippen molar-refractivity contribution in [3.63, 3.8) is 0 Å². The van der Waals surface area contributed by atoms with E-state index in [1.54, 1.807) is 12.4 Å². The molecule has 22 heavy (non-hydrogen) atoms. The normalized spacial score (nSPS) is 11.3. The van der Waals surface area contributed by atoms with Crippen molar-refractivity contribution in [3.8, 4) is 0 Å². The Balaban J connectivity index is 1.77. The second-order valence-electron chi connectivity index (χ2n) is 4.38. The van der Waals surface area contributed by atoms with E-state index in [1.807, 2.05) is 0 Å². The molecule has 0 saturated heterocycles. The summed E-state index contributed by atoms with van der Waals surface area (Å²) in [5.74, 6) is 0.0957. The van der Waals surface area contributed by atoms with E-state index < -0.39 is 11.7 Å². The predicted molar refractivity (Wildman–Crippen MR) is 76.9 cm³/mol. The van der Waals surface area contributed by atoms with E-state index >= 15 is 0 Å². The van der Waals surface area contributed by atoms with Gasteiger partial charge < -0.3 is 10.6 Å². The summed E-state index contributed by atoms with van der Waals surface area (Å²) in [7, 11) is 0. The molecule has 0 aliphatic carbocycles. The van der Waals surface area contributed by atoms with Gasteiger partial charge >= 0.3 is 6.18 Å². The third-order valence-corrected chi connectivity index (χ3v) is 3.69. The molecule has 0 fully saturated rings.